The van der Waals surface area contributed by atoms with Gasteiger partial charge in [0.05, 0.1) is 23.0 Å². The lowest BCUT2D eigenvalue weighted by Crippen LogP contribution is -2.25. The molecule has 0 saturated heterocycles. The second-order valence-corrected chi connectivity index (χ2v) is 8.12. The first-order chi connectivity index (χ1) is 17.9. The Bertz CT molecular complexity index is 1690. The Morgan fingerprint density at radius 1 is 0.946 bits per heavy atom. The molecule has 5 aromatic rings. The highest BCUT2D eigenvalue weighted by Gasteiger charge is 2.43. The number of para-hydroxylation sites is 1. The zero-order chi connectivity index (χ0) is 25.6. The van der Waals surface area contributed by atoms with Crippen LogP contribution in [0, 0.1) is 0 Å². The normalized spacial score (nSPS) is 13.5. The highest BCUT2D eigenvalue weighted by molar-refractivity contribution is 5.88. The number of nitrogens with one attached hydrogen (secondary N) is 1. The van der Waals surface area contributed by atoms with E-state index in [9.17, 15) is 13.6 Å². The number of benzene rings is 2. The average molecular weight is 501 g/mol. The van der Waals surface area contributed by atoms with Crippen LogP contribution in [-0.4, -0.2) is 25.8 Å². The molecule has 0 atom stereocenters. The van der Waals surface area contributed by atoms with Gasteiger partial charge in [-0.1, -0.05) is 18.2 Å². The summed E-state index contributed by atoms with van der Waals surface area (Å²) in [6.45, 7) is 0. The zero-order valence-corrected chi connectivity index (χ0v) is 19.2. The maximum absolute atomic E-state index is 13.5. The number of pyridine rings is 2. The number of alkyl halides is 2. The van der Waals surface area contributed by atoms with Crippen molar-refractivity contribution in [3.63, 3.8) is 0 Å². The lowest BCUT2D eigenvalue weighted by molar-refractivity contribution is -0.286. The van der Waals surface area contributed by atoms with Crippen molar-refractivity contribution in [1.29, 1.82) is 0 Å². The Balaban J connectivity index is 1.26. The van der Waals surface area contributed by atoms with Crippen LogP contribution in [0.15, 0.2) is 84.0 Å². The van der Waals surface area contributed by atoms with Gasteiger partial charge in [0.15, 0.2) is 11.5 Å². The van der Waals surface area contributed by atoms with E-state index >= 15 is 0 Å². The van der Waals surface area contributed by atoms with E-state index in [0.29, 0.717) is 39.6 Å². The van der Waals surface area contributed by atoms with Gasteiger partial charge in [-0.05, 0) is 36.4 Å². The highest BCUT2D eigenvalue weighted by atomic mass is 19.3. The summed E-state index contributed by atoms with van der Waals surface area (Å²) in [6.07, 6.45) is 0.673. The van der Waals surface area contributed by atoms with E-state index in [1.165, 1.54) is 35.3 Å². The Labute approximate surface area is 207 Å². The molecule has 1 aliphatic heterocycles. The van der Waals surface area contributed by atoms with E-state index in [1.807, 2.05) is 30.3 Å². The number of ether oxygens (including phenoxy) is 3. The fourth-order valence-electron chi connectivity index (χ4n) is 3.87. The molecule has 0 unspecified atom stereocenters. The van der Waals surface area contributed by atoms with Gasteiger partial charge in [0.1, 0.15) is 11.5 Å². The molecule has 2 aromatic carbocycles. The summed E-state index contributed by atoms with van der Waals surface area (Å²) in [4.78, 5) is 25.9. The number of halogens is 2. The van der Waals surface area contributed by atoms with Crippen LogP contribution in [0.3, 0.4) is 0 Å². The average Bonchev–Trinajstić information content (AvgIpc) is 3.20. The van der Waals surface area contributed by atoms with Crippen molar-refractivity contribution < 1.29 is 23.0 Å². The van der Waals surface area contributed by atoms with Crippen molar-refractivity contribution in [3.05, 3.63) is 89.6 Å². The predicted octanol–water partition coefficient (Wildman–Crippen LogP) is 5.25. The summed E-state index contributed by atoms with van der Waals surface area (Å²) in [5.41, 5.74) is 1.65. The minimum atomic E-state index is -3.73. The van der Waals surface area contributed by atoms with Crippen molar-refractivity contribution >= 4 is 22.5 Å². The molecule has 0 spiro atoms. The maximum Gasteiger partial charge on any atom is 0.586 e. The van der Waals surface area contributed by atoms with Gasteiger partial charge in [-0.25, -0.2) is 4.98 Å². The van der Waals surface area contributed by atoms with E-state index in [2.05, 4.69) is 29.7 Å². The van der Waals surface area contributed by atoms with Crippen LogP contribution in [-0.2, 0) is 7.05 Å². The number of anilines is 2. The van der Waals surface area contributed by atoms with Crippen LogP contribution >= 0.6 is 0 Å². The number of hydrogen-bond acceptors (Lipinski definition) is 8. The minimum absolute atomic E-state index is 0.103. The summed E-state index contributed by atoms with van der Waals surface area (Å²) in [6, 6.07) is 17.0. The second kappa shape index (κ2) is 8.55. The number of fused-ring (bicyclic) bond motifs is 2. The van der Waals surface area contributed by atoms with Crippen LogP contribution < -0.4 is 25.1 Å². The van der Waals surface area contributed by atoms with E-state index in [-0.39, 0.29) is 17.1 Å². The number of hydrogen-bond donors (Lipinski definition) is 1. The van der Waals surface area contributed by atoms with E-state index < -0.39 is 6.29 Å². The monoisotopic (exact) mass is 501 g/mol. The van der Waals surface area contributed by atoms with Crippen molar-refractivity contribution in [1.82, 2.24) is 19.5 Å². The molecule has 37 heavy (non-hydrogen) atoms. The lowest BCUT2D eigenvalue weighted by atomic mass is 10.2. The molecule has 0 fully saturated rings. The molecular formula is C26H17F2N5O4. The van der Waals surface area contributed by atoms with Gasteiger partial charge in [0.25, 0.3) is 5.56 Å². The first-order valence-corrected chi connectivity index (χ1v) is 11.1. The SMILES string of the molecule is Cn1c(Nc2ccccc2)ncc(-c2ccc(Oc3ccnc4cc5c(cc34)OC(F)(F)O5)cn2)c1=O. The molecule has 0 radical (unpaired) electrons. The molecule has 1 N–H and O–H groups in total. The summed E-state index contributed by atoms with van der Waals surface area (Å²) in [7, 11) is 1.62. The van der Waals surface area contributed by atoms with Gasteiger partial charge >= 0.3 is 6.29 Å². The largest absolute Gasteiger partial charge is 0.586 e. The molecule has 3 aromatic heterocycles. The Morgan fingerprint density at radius 2 is 1.73 bits per heavy atom. The van der Waals surface area contributed by atoms with Crippen molar-refractivity contribution in [2.75, 3.05) is 5.32 Å². The van der Waals surface area contributed by atoms with Gasteiger partial charge < -0.3 is 19.5 Å². The minimum Gasteiger partial charge on any atom is -0.455 e. The van der Waals surface area contributed by atoms with Gasteiger partial charge in [-0.15, -0.1) is 8.78 Å². The summed E-state index contributed by atoms with van der Waals surface area (Å²) >= 11 is 0. The molecule has 0 bridgehead atoms. The summed E-state index contributed by atoms with van der Waals surface area (Å²) in [5, 5.41) is 3.56. The summed E-state index contributed by atoms with van der Waals surface area (Å²) < 4.78 is 43.3. The van der Waals surface area contributed by atoms with E-state index in [4.69, 9.17) is 4.74 Å². The zero-order valence-electron chi connectivity index (χ0n) is 19.2. The lowest BCUT2D eigenvalue weighted by Gasteiger charge is -2.12. The van der Waals surface area contributed by atoms with Crippen LogP contribution in [0.25, 0.3) is 22.2 Å². The third-order valence-electron chi connectivity index (χ3n) is 5.66. The number of nitrogens with zero attached hydrogens (tertiary/aromatic N) is 4. The molecule has 6 rings (SSSR count). The van der Waals surface area contributed by atoms with Crippen molar-refractivity contribution in [3.8, 4) is 34.3 Å². The Morgan fingerprint density at radius 3 is 2.49 bits per heavy atom. The highest BCUT2D eigenvalue weighted by Crippen LogP contribution is 2.44. The predicted molar refractivity (Wildman–Crippen MR) is 130 cm³/mol. The molecule has 4 heterocycles. The second-order valence-electron chi connectivity index (χ2n) is 8.12. The topological polar surface area (TPSA) is 100 Å². The Hall–Kier alpha value is -5.06. The Kier molecular flexibility index (Phi) is 5.18. The van der Waals surface area contributed by atoms with Crippen LogP contribution in [0.4, 0.5) is 20.4 Å². The van der Waals surface area contributed by atoms with Gasteiger partial charge in [-0.2, -0.15) is 0 Å². The van der Waals surface area contributed by atoms with E-state index in [0.717, 1.165) is 5.69 Å². The number of rotatable bonds is 5. The number of aromatic nitrogens is 4. The fourth-order valence-corrected chi connectivity index (χ4v) is 3.87. The molecule has 0 saturated carbocycles. The standard InChI is InChI=1S/C26H17F2N5O4/c1-33-24(34)18(14-31-25(33)32-15-5-3-2-4-6-15)19-8-7-16(13-30-19)35-21-9-10-29-20-12-23-22(11-17(20)21)36-26(27,28)37-23/h2-14H,1H3,(H,31,32). The fraction of sp³-hybridized carbons (Fsp3) is 0.0769. The van der Waals surface area contributed by atoms with Gasteiger partial charge in [-0.3, -0.25) is 19.3 Å². The van der Waals surface area contributed by atoms with Crippen molar-refractivity contribution in [2.24, 2.45) is 7.05 Å². The third kappa shape index (κ3) is 4.27. The van der Waals surface area contributed by atoms with Crippen LogP contribution in [0.2, 0.25) is 0 Å². The molecule has 11 heteroatoms. The van der Waals surface area contributed by atoms with Crippen LogP contribution in [0.1, 0.15) is 0 Å². The molecule has 184 valence electrons. The first-order valence-electron chi connectivity index (χ1n) is 11.1. The third-order valence-corrected chi connectivity index (χ3v) is 5.66. The van der Waals surface area contributed by atoms with Gasteiger partial charge in [0, 0.05) is 36.6 Å². The molecule has 9 nitrogen and oxygen atoms in total. The molecule has 1 aliphatic rings. The maximum atomic E-state index is 13.5. The van der Waals surface area contributed by atoms with E-state index in [1.54, 1.807) is 25.2 Å². The smallest absolute Gasteiger partial charge is 0.455 e. The molecule has 0 amide bonds. The molecular weight excluding hydrogens is 484 g/mol. The van der Waals surface area contributed by atoms with Crippen molar-refractivity contribution in [2.45, 2.75) is 6.29 Å². The molecule has 0 aliphatic carbocycles. The van der Waals surface area contributed by atoms with Crippen LogP contribution in [0.5, 0.6) is 23.0 Å². The first kappa shape index (κ1) is 22.4. The summed E-state index contributed by atoms with van der Waals surface area (Å²) in [5.74, 6) is 0.898. The quantitative estimate of drug-likeness (QED) is 0.349. The van der Waals surface area contributed by atoms with Gasteiger partial charge in [0.2, 0.25) is 5.95 Å².